The Balaban J connectivity index is 0. The lowest BCUT2D eigenvalue weighted by Crippen LogP contribution is -3.00. The summed E-state index contributed by atoms with van der Waals surface area (Å²) in [4.78, 5) is 0. The zero-order valence-electron chi connectivity index (χ0n) is 15.9. The number of hydrogen-bond acceptors (Lipinski definition) is 1. The summed E-state index contributed by atoms with van der Waals surface area (Å²) >= 11 is 0. The van der Waals surface area contributed by atoms with Gasteiger partial charge in [-0.25, -0.2) is 0 Å². The van der Waals surface area contributed by atoms with Crippen LogP contribution in [0.1, 0.15) is 97.3 Å². The molecule has 1 unspecified atom stereocenters. The third-order valence-corrected chi connectivity index (χ3v) is 4.90. The Morgan fingerprint density at radius 1 is 0.682 bits per heavy atom. The maximum atomic E-state index is 6.16. The van der Waals surface area contributed by atoms with E-state index in [-0.39, 0.29) is 17.0 Å². The van der Waals surface area contributed by atoms with E-state index in [0.29, 0.717) is 6.17 Å². The van der Waals surface area contributed by atoms with Gasteiger partial charge in [0.1, 0.15) is 6.17 Å². The fourth-order valence-corrected chi connectivity index (χ4v) is 3.02. The molecule has 0 heterocycles. The molecular formula is C19H43BrN2. The van der Waals surface area contributed by atoms with Crippen molar-refractivity contribution >= 4 is 0 Å². The monoisotopic (exact) mass is 378 g/mol. The second-order valence-corrected chi connectivity index (χ2v) is 7.37. The Morgan fingerprint density at radius 2 is 1.05 bits per heavy atom. The zero-order chi connectivity index (χ0) is 16.0. The average Bonchev–Trinajstić information content (AvgIpc) is 2.47. The van der Waals surface area contributed by atoms with E-state index < -0.39 is 0 Å². The van der Waals surface area contributed by atoms with E-state index in [9.17, 15) is 0 Å². The molecule has 0 aromatic rings. The quantitative estimate of drug-likeness (QED) is 0.264. The van der Waals surface area contributed by atoms with Crippen molar-refractivity contribution in [3.63, 3.8) is 0 Å². The topological polar surface area (TPSA) is 26.0 Å². The highest BCUT2D eigenvalue weighted by molar-refractivity contribution is 4.50. The van der Waals surface area contributed by atoms with Gasteiger partial charge in [-0.05, 0) is 12.8 Å². The highest BCUT2D eigenvalue weighted by Gasteiger charge is 2.21. The van der Waals surface area contributed by atoms with Gasteiger partial charge < -0.3 is 21.5 Å². The fraction of sp³-hybridized carbons (Fsp3) is 1.00. The highest BCUT2D eigenvalue weighted by atomic mass is 79.9. The van der Waals surface area contributed by atoms with Gasteiger partial charge in [0, 0.05) is 6.42 Å². The number of rotatable bonds is 15. The lowest BCUT2D eigenvalue weighted by atomic mass is 10.1. The summed E-state index contributed by atoms with van der Waals surface area (Å²) in [5.41, 5.74) is 6.16. The van der Waals surface area contributed by atoms with E-state index in [1.807, 2.05) is 0 Å². The van der Waals surface area contributed by atoms with Crippen LogP contribution in [0.2, 0.25) is 0 Å². The molecule has 0 bridgehead atoms. The van der Waals surface area contributed by atoms with Gasteiger partial charge in [0.15, 0.2) is 0 Å². The summed E-state index contributed by atoms with van der Waals surface area (Å²) in [6.07, 6.45) is 18.4. The second kappa shape index (κ2) is 16.3. The maximum Gasteiger partial charge on any atom is 0.139 e. The normalized spacial score (nSPS) is 13.0. The SMILES string of the molecule is CCCCCCCCCCCCCC[N+](C)(C)C(N)CC.[Br-]. The van der Waals surface area contributed by atoms with Crippen molar-refractivity contribution in [2.45, 2.75) is 103 Å². The molecule has 0 saturated carbocycles. The van der Waals surface area contributed by atoms with E-state index >= 15 is 0 Å². The summed E-state index contributed by atoms with van der Waals surface area (Å²) in [5.74, 6) is 0. The van der Waals surface area contributed by atoms with E-state index in [0.717, 1.165) is 10.9 Å². The van der Waals surface area contributed by atoms with Gasteiger partial charge in [-0.2, -0.15) is 0 Å². The number of unbranched alkanes of at least 4 members (excludes halogenated alkanes) is 11. The van der Waals surface area contributed by atoms with E-state index in [4.69, 9.17) is 5.73 Å². The van der Waals surface area contributed by atoms with Crippen LogP contribution in [0.25, 0.3) is 0 Å². The van der Waals surface area contributed by atoms with Gasteiger partial charge in [0.05, 0.1) is 20.6 Å². The van der Waals surface area contributed by atoms with Crippen LogP contribution in [0, 0.1) is 0 Å². The van der Waals surface area contributed by atoms with Crippen LogP contribution in [0.5, 0.6) is 0 Å². The van der Waals surface area contributed by atoms with Crippen LogP contribution in [0.4, 0.5) is 0 Å². The molecule has 0 aromatic carbocycles. The molecular weight excluding hydrogens is 336 g/mol. The van der Waals surface area contributed by atoms with Gasteiger partial charge in [0.25, 0.3) is 0 Å². The molecule has 1 atom stereocenters. The Bertz CT molecular complexity index is 219. The number of hydrogen-bond donors (Lipinski definition) is 1. The summed E-state index contributed by atoms with van der Waals surface area (Å²) in [6, 6.07) is 0. The molecule has 0 radical (unpaired) electrons. The Morgan fingerprint density at radius 3 is 1.41 bits per heavy atom. The van der Waals surface area contributed by atoms with Crippen molar-refractivity contribution in [1.82, 2.24) is 0 Å². The molecule has 2 nitrogen and oxygen atoms in total. The van der Waals surface area contributed by atoms with Gasteiger partial charge in [-0.3, -0.25) is 5.73 Å². The minimum absolute atomic E-state index is 0. The molecule has 0 rings (SSSR count). The Labute approximate surface area is 151 Å². The number of nitrogens with zero attached hydrogens (tertiary/aromatic N) is 1. The van der Waals surface area contributed by atoms with E-state index in [1.54, 1.807) is 0 Å². The standard InChI is InChI=1S/C19H43N2.BrH/c1-5-7-8-9-10-11-12-13-14-15-16-17-18-21(3,4)19(20)6-2;/h19H,5-18,20H2,1-4H3;1H/q+1;/p-1. The minimum Gasteiger partial charge on any atom is -1.00 e. The van der Waals surface area contributed by atoms with Crippen molar-refractivity contribution < 1.29 is 21.5 Å². The molecule has 136 valence electrons. The van der Waals surface area contributed by atoms with E-state index in [1.165, 1.54) is 83.6 Å². The van der Waals surface area contributed by atoms with Gasteiger partial charge >= 0.3 is 0 Å². The molecule has 2 N–H and O–H groups in total. The molecule has 0 aliphatic rings. The first-order chi connectivity index (χ1) is 10.0. The van der Waals surface area contributed by atoms with Crippen molar-refractivity contribution in [3.8, 4) is 0 Å². The molecule has 0 amide bonds. The summed E-state index contributed by atoms with van der Waals surface area (Å²) in [6.45, 7) is 5.70. The molecule has 3 heteroatoms. The average molecular weight is 379 g/mol. The van der Waals surface area contributed by atoms with Crippen LogP contribution < -0.4 is 22.7 Å². The van der Waals surface area contributed by atoms with E-state index in [2.05, 4.69) is 27.9 Å². The first-order valence-corrected chi connectivity index (χ1v) is 9.62. The molecule has 0 aromatic heterocycles. The van der Waals surface area contributed by atoms with Crippen LogP contribution in [-0.4, -0.2) is 31.3 Å². The first-order valence-electron chi connectivity index (χ1n) is 9.62. The van der Waals surface area contributed by atoms with Gasteiger partial charge in [-0.1, -0.05) is 78.1 Å². The third kappa shape index (κ3) is 14.0. The van der Waals surface area contributed by atoms with Crippen LogP contribution in [0.15, 0.2) is 0 Å². The van der Waals surface area contributed by atoms with Gasteiger partial charge in [0.2, 0.25) is 0 Å². The van der Waals surface area contributed by atoms with Crippen molar-refractivity contribution in [2.75, 3.05) is 20.6 Å². The smallest absolute Gasteiger partial charge is 0.139 e. The largest absolute Gasteiger partial charge is 1.00 e. The lowest BCUT2D eigenvalue weighted by Gasteiger charge is -2.35. The van der Waals surface area contributed by atoms with Gasteiger partial charge in [-0.15, -0.1) is 0 Å². The fourth-order valence-electron chi connectivity index (χ4n) is 3.02. The minimum atomic E-state index is 0. The number of halogens is 1. The molecule has 0 aliphatic carbocycles. The molecule has 0 saturated heterocycles. The molecule has 22 heavy (non-hydrogen) atoms. The summed E-state index contributed by atoms with van der Waals surface area (Å²) in [5, 5.41) is 0. The van der Waals surface area contributed by atoms with Crippen molar-refractivity contribution in [3.05, 3.63) is 0 Å². The number of nitrogens with two attached hydrogens (primary N) is 1. The van der Waals surface area contributed by atoms with Crippen molar-refractivity contribution in [1.29, 1.82) is 0 Å². The maximum absolute atomic E-state index is 6.16. The van der Waals surface area contributed by atoms with Crippen LogP contribution >= 0.6 is 0 Å². The zero-order valence-corrected chi connectivity index (χ0v) is 17.5. The predicted molar refractivity (Wildman–Crippen MR) is 96.3 cm³/mol. The summed E-state index contributed by atoms with van der Waals surface area (Å²) < 4.78 is 0.980. The molecule has 0 fully saturated rings. The lowest BCUT2D eigenvalue weighted by molar-refractivity contribution is -0.915. The number of quaternary nitrogens is 1. The van der Waals surface area contributed by atoms with Crippen LogP contribution in [0.3, 0.4) is 0 Å². The predicted octanol–water partition coefficient (Wildman–Crippen LogP) is 2.46. The Hall–Kier alpha value is 0.400. The Kier molecular flexibility index (Phi) is 18.2. The third-order valence-electron chi connectivity index (χ3n) is 4.90. The molecule has 0 aliphatic heterocycles. The first kappa shape index (κ1) is 24.6. The summed E-state index contributed by atoms with van der Waals surface area (Å²) in [7, 11) is 4.54. The molecule has 0 spiro atoms. The van der Waals surface area contributed by atoms with Crippen LogP contribution in [-0.2, 0) is 0 Å². The second-order valence-electron chi connectivity index (χ2n) is 7.37. The highest BCUT2D eigenvalue weighted by Crippen LogP contribution is 2.13. The van der Waals surface area contributed by atoms with Crippen molar-refractivity contribution in [2.24, 2.45) is 5.73 Å².